The van der Waals surface area contributed by atoms with Gasteiger partial charge in [0.25, 0.3) is 0 Å². The normalized spacial score (nSPS) is 21.2. The maximum atomic E-state index is 9.46. The Morgan fingerprint density at radius 3 is 2.75 bits per heavy atom. The third-order valence-electron chi connectivity index (χ3n) is 3.96. The van der Waals surface area contributed by atoms with Crippen LogP contribution in [0.2, 0.25) is 0 Å². The zero-order valence-corrected chi connectivity index (χ0v) is 10.9. The molecule has 0 saturated heterocycles. The average molecular weight is 265 g/mol. The van der Waals surface area contributed by atoms with Crippen LogP contribution in [0, 0.1) is 0 Å². The number of hydrogen-bond acceptors (Lipinski definition) is 3. The second-order valence-corrected chi connectivity index (χ2v) is 5.44. The van der Waals surface area contributed by atoms with Gasteiger partial charge in [-0.3, -0.25) is 4.98 Å². The number of benzene rings is 1. The molecule has 4 rings (SSSR count). The van der Waals surface area contributed by atoms with Crippen molar-refractivity contribution in [3.05, 3.63) is 48.2 Å². The van der Waals surface area contributed by atoms with Crippen LogP contribution in [-0.2, 0) is 0 Å². The second kappa shape index (κ2) is 4.08. The summed E-state index contributed by atoms with van der Waals surface area (Å²) in [5, 5.41) is 10.5. The van der Waals surface area contributed by atoms with Crippen molar-refractivity contribution in [3.63, 3.8) is 0 Å². The Morgan fingerprint density at radius 2 is 2.05 bits per heavy atom. The van der Waals surface area contributed by atoms with Crippen molar-refractivity contribution in [1.82, 2.24) is 9.97 Å². The van der Waals surface area contributed by atoms with E-state index >= 15 is 0 Å². The van der Waals surface area contributed by atoms with Gasteiger partial charge in [0.05, 0.1) is 5.69 Å². The largest absolute Gasteiger partial charge is 0.495 e. The lowest BCUT2D eigenvalue weighted by Crippen LogP contribution is -2.01. The Morgan fingerprint density at radius 1 is 1.20 bits per heavy atom. The molecule has 4 nitrogen and oxygen atoms in total. The van der Waals surface area contributed by atoms with E-state index in [0.717, 1.165) is 28.6 Å². The first-order valence-electron chi connectivity index (χ1n) is 6.74. The van der Waals surface area contributed by atoms with Gasteiger partial charge < -0.3 is 15.8 Å². The summed E-state index contributed by atoms with van der Waals surface area (Å²) in [6.07, 6.45) is 2.98. The lowest BCUT2D eigenvalue weighted by molar-refractivity contribution is 0.458. The summed E-state index contributed by atoms with van der Waals surface area (Å²) in [4.78, 5) is 7.45. The molecule has 0 amide bonds. The molecule has 0 spiro atoms. The zero-order chi connectivity index (χ0) is 13.7. The van der Waals surface area contributed by atoms with Crippen LogP contribution in [0.25, 0.3) is 22.2 Å². The molecule has 2 heterocycles. The molecule has 0 bridgehead atoms. The third kappa shape index (κ3) is 1.85. The first kappa shape index (κ1) is 11.5. The number of aromatic hydroxyl groups is 1. The smallest absolute Gasteiger partial charge is 0.189 e. The summed E-state index contributed by atoms with van der Waals surface area (Å²) in [7, 11) is 0. The van der Waals surface area contributed by atoms with Gasteiger partial charge in [0.2, 0.25) is 0 Å². The zero-order valence-electron chi connectivity index (χ0n) is 10.9. The second-order valence-electron chi connectivity index (χ2n) is 5.44. The van der Waals surface area contributed by atoms with Gasteiger partial charge >= 0.3 is 0 Å². The Balaban J connectivity index is 1.70. The molecule has 4 N–H and O–H groups in total. The van der Waals surface area contributed by atoms with Crippen molar-refractivity contribution in [2.45, 2.75) is 18.4 Å². The van der Waals surface area contributed by atoms with E-state index in [9.17, 15) is 5.11 Å². The molecule has 2 atom stereocenters. The number of aromatic amines is 1. The van der Waals surface area contributed by atoms with E-state index in [1.165, 1.54) is 5.56 Å². The molecule has 20 heavy (non-hydrogen) atoms. The van der Waals surface area contributed by atoms with Crippen molar-refractivity contribution in [3.8, 4) is 17.1 Å². The summed E-state index contributed by atoms with van der Waals surface area (Å²) < 4.78 is 0. The van der Waals surface area contributed by atoms with Gasteiger partial charge in [-0.1, -0.05) is 18.2 Å². The number of fused-ring (bicyclic) bond motifs is 1. The lowest BCUT2D eigenvalue weighted by atomic mass is 10.1. The highest BCUT2D eigenvalue weighted by Gasteiger charge is 2.34. The Kier molecular flexibility index (Phi) is 2.35. The van der Waals surface area contributed by atoms with Gasteiger partial charge in [0.15, 0.2) is 5.88 Å². The van der Waals surface area contributed by atoms with E-state index in [0.29, 0.717) is 12.0 Å². The highest BCUT2D eigenvalue weighted by Crippen LogP contribution is 2.39. The third-order valence-corrected chi connectivity index (χ3v) is 3.96. The first-order valence-corrected chi connectivity index (χ1v) is 6.74. The molecule has 4 heteroatoms. The number of nitrogens with one attached hydrogen (secondary N) is 1. The number of H-pyrrole nitrogens is 1. The van der Waals surface area contributed by atoms with Gasteiger partial charge in [0, 0.05) is 40.7 Å². The van der Waals surface area contributed by atoms with Crippen LogP contribution in [0.4, 0.5) is 0 Å². The Bertz CT molecular complexity index is 776. The van der Waals surface area contributed by atoms with Crippen LogP contribution < -0.4 is 5.73 Å². The summed E-state index contributed by atoms with van der Waals surface area (Å²) in [5.41, 5.74) is 9.95. The first-order chi connectivity index (χ1) is 9.70. The molecule has 2 aromatic heterocycles. The number of pyridine rings is 1. The summed E-state index contributed by atoms with van der Waals surface area (Å²) in [5.74, 6) is 0.669. The molecule has 0 radical (unpaired) electrons. The van der Waals surface area contributed by atoms with Crippen molar-refractivity contribution >= 4 is 10.9 Å². The van der Waals surface area contributed by atoms with E-state index in [1.54, 1.807) is 6.07 Å². The van der Waals surface area contributed by atoms with E-state index in [-0.39, 0.29) is 5.88 Å². The predicted octanol–water partition coefficient (Wildman–Crippen LogP) is 2.75. The number of aromatic nitrogens is 2. The molecule has 0 unspecified atom stereocenters. The van der Waals surface area contributed by atoms with E-state index in [2.05, 4.69) is 16.0 Å². The van der Waals surface area contributed by atoms with Gasteiger partial charge in [-0.2, -0.15) is 0 Å². The minimum Gasteiger partial charge on any atom is -0.495 e. The van der Waals surface area contributed by atoms with Gasteiger partial charge in [-0.25, -0.2) is 0 Å². The molecule has 1 aromatic carbocycles. The summed E-state index contributed by atoms with van der Waals surface area (Å²) >= 11 is 0. The van der Waals surface area contributed by atoms with Crippen LogP contribution in [0.5, 0.6) is 5.88 Å². The maximum absolute atomic E-state index is 9.46. The Hall–Kier alpha value is -2.33. The van der Waals surface area contributed by atoms with Crippen LogP contribution in [0.15, 0.2) is 42.6 Å². The van der Waals surface area contributed by atoms with Crippen LogP contribution in [0.3, 0.4) is 0 Å². The fourth-order valence-corrected chi connectivity index (χ4v) is 2.66. The standard InChI is InChI=1S/C16H15N3O/c17-13-7-12(13)11-3-4-14(18-8-11)9-1-2-10-6-16(20)19-15(10)5-9/h1-6,8,12-13,19-20H,7,17H2/t12-,13+/m1/s1. The summed E-state index contributed by atoms with van der Waals surface area (Å²) in [6.45, 7) is 0. The van der Waals surface area contributed by atoms with Crippen LogP contribution >= 0.6 is 0 Å². The fraction of sp³-hybridized carbons (Fsp3) is 0.188. The van der Waals surface area contributed by atoms with Gasteiger partial charge in [-0.15, -0.1) is 0 Å². The lowest BCUT2D eigenvalue weighted by Gasteiger charge is -2.03. The van der Waals surface area contributed by atoms with Crippen molar-refractivity contribution in [2.75, 3.05) is 0 Å². The van der Waals surface area contributed by atoms with Crippen molar-refractivity contribution in [1.29, 1.82) is 0 Å². The van der Waals surface area contributed by atoms with E-state index in [1.807, 2.05) is 30.5 Å². The van der Waals surface area contributed by atoms with Crippen molar-refractivity contribution < 1.29 is 5.11 Å². The maximum Gasteiger partial charge on any atom is 0.189 e. The van der Waals surface area contributed by atoms with Crippen LogP contribution in [0.1, 0.15) is 17.9 Å². The van der Waals surface area contributed by atoms with Gasteiger partial charge in [-0.05, 0) is 24.1 Å². The van der Waals surface area contributed by atoms with E-state index < -0.39 is 0 Å². The predicted molar refractivity (Wildman–Crippen MR) is 78.5 cm³/mol. The molecule has 1 saturated carbocycles. The number of rotatable bonds is 2. The molecule has 1 fully saturated rings. The van der Waals surface area contributed by atoms with Gasteiger partial charge in [0.1, 0.15) is 0 Å². The van der Waals surface area contributed by atoms with Crippen LogP contribution in [-0.4, -0.2) is 21.1 Å². The molecule has 0 aliphatic heterocycles. The SMILES string of the molecule is N[C@H]1C[C@@H]1c1ccc(-c2ccc3cc(O)[nH]c3c2)nc1. The molecule has 1 aliphatic carbocycles. The topological polar surface area (TPSA) is 74.9 Å². The quantitative estimate of drug-likeness (QED) is 0.667. The number of nitrogens with two attached hydrogens (primary N) is 1. The Labute approximate surface area is 116 Å². The molecular formula is C16H15N3O. The minimum atomic E-state index is 0.183. The highest BCUT2D eigenvalue weighted by atomic mass is 16.3. The van der Waals surface area contributed by atoms with E-state index in [4.69, 9.17) is 5.73 Å². The number of nitrogens with zero attached hydrogens (tertiary/aromatic N) is 1. The minimum absolute atomic E-state index is 0.183. The summed E-state index contributed by atoms with van der Waals surface area (Å²) in [6, 6.07) is 12.2. The highest BCUT2D eigenvalue weighted by molar-refractivity contribution is 5.85. The molecular weight excluding hydrogens is 250 g/mol. The molecule has 1 aliphatic rings. The average Bonchev–Trinajstić information content (AvgIpc) is 3.06. The van der Waals surface area contributed by atoms with Crippen molar-refractivity contribution in [2.24, 2.45) is 5.73 Å². The number of hydrogen-bond donors (Lipinski definition) is 3. The molecule has 3 aromatic rings. The monoisotopic (exact) mass is 265 g/mol. The molecule has 100 valence electrons. The fourth-order valence-electron chi connectivity index (χ4n) is 2.66.